The van der Waals surface area contributed by atoms with Crippen molar-refractivity contribution < 1.29 is 4.74 Å². The highest BCUT2D eigenvalue weighted by atomic mass is 35.5. The number of hydrogen-bond acceptors (Lipinski definition) is 3. The third kappa shape index (κ3) is 2.31. The van der Waals surface area contributed by atoms with Gasteiger partial charge in [0, 0.05) is 5.56 Å². The Morgan fingerprint density at radius 2 is 1.75 bits per heavy atom. The smallest absolute Gasteiger partial charge is 0.226 e. The van der Waals surface area contributed by atoms with Crippen molar-refractivity contribution in [3.05, 3.63) is 46.9 Å². The van der Waals surface area contributed by atoms with Crippen LogP contribution in [-0.2, 0) is 0 Å². The van der Waals surface area contributed by atoms with Gasteiger partial charge in [0.25, 0.3) is 0 Å². The second kappa shape index (κ2) is 4.49. The van der Waals surface area contributed by atoms with E-state index in [4.69, 9.17) is 16.3 Å². The Bertz CT molecular complexity index is 497. The molecule has 0 aliphatic carbocycles. The molecule has 0 radical (unpaired) electrons. The normalized spacial score (nSPS) is 10.2. The number of benzene rings is 1. The minimum Gasteiger partial charge on any atom is -0.439 e. The number of rotatable bonds is 2. The first-order valence-electron chi connectivity index (χ1n) is 4.88. The highest BCUT2D eigenvalue weighted by Gasteiger charge is 2.06. The van der Waals surface area contributed by atoms with E-state index in [1.807, 2.05) is 38.1 Å². The van der Waals surface area contributed by atoms with Gasteiger partial charge in [0.2, 0.25) is 5.88 Å². The number of halogens is 1. The predicted octanol–water partition coefficient (Wildman–Crippen LogP) is 3.54. The topological polar surface area (TPSA) is 35.0 Å². The summed E-state index contributed by atoms with van der Waals surface area (Å²) >= 11 is 5.87. The summed E-state index contributed by atoms with van der Waals surface area (Å²) in [4.78, 5) is 7.91. The number of aromatic nitrogens is 2. The molecule has 0 aliphatic rings. The van der Waals surface area contributed by atoms with Gasteiger partial charge < -0.3 is 4.74 Å². The van der Waals surface area contributed by atoms with E-state index in [1.165, 1.54) is 11.9 Å². The van der Waals surface area contributed by atoms with Crippen LogP contribution >= 0.6 is 11.6 Å². The second-order valence-electron chi connectivity index (χ2n) is 3.51. The van der Waals surface area contributed by atoms with Crippen molar-refractivity contribution in [2.24, 2.45) is 0 Å². The van der Waals surface area contributed by atoms with E-state index in [2.05, 4.69) is 9.97 Å². The summed E-state index contributed by atoms with van der Waals surface area (Å²) in [5, 5.41) is 0.414. The number of ether oxygens (including phenoxy) is 1. The third-order valence-corrected chi connectivity index (χ3v) is 2.59. The van der Waals surface area contributed by atoms with Crippen LogP contribution in [0.2, 0.25) is 5.15 Å². The van der Waals surface area contributed by atoms with Gasteiger partial charge in [-0.25, -0.2) is 9.97 Å². The van der Waals surface area contributed by atoms with Crippen molar-refractivity contribution in [2.75, 3.05) is 0 Å². The molecule has 0 N–H and O–H groups in total. The molecule has 0 saturated carbocycles. The first-order valence-corrected chi connectivity index (χ1v) is 5.26. The van der Waals surface area contributed by atoms with Crippen LogP contribution in [0.3, 0.4) is 0 Å². The first kappa shape index (κ1) is 10.9. The minimum atomic E-state index is 0.414. The Kier molecular flexibility index (Phi) is 3.06. The molecular formula is C12H11ClN2O. The summed E-state index contributed by atoms with van der Waals surface area (Å²) in [6, 6.07) is 7.75. The maximum atomic E-state index is 5.87. The molecule has 4 heteroatoms. The standard InChI is InChI=1S/C12H11ClN2O/c1-8-3-5-10(6-4-8)16-12-9(2)11(13)14-7-15-12/h3-7H,1-2H3. The zero-order valence-electron chi connectivity index (χ0n) is 9.07. The first-order chi connectivity index (χ1) is 7.66. The zero-order chi connectivity index (χ0) is 11.5. The fourth-order valence-corrected chi connectivity index (χ4v) is 1.36. The Morgan fingerprint density at radius 1 is 1.06 bits per heavy atom. The largest absolute Gasteiger partial charge is 0.439 e. The van der Waals surface area contributed by atoms with Gasteiger partial charge >= 0.3 is 0 Å². The fourth-order valence-electron chi connectivity index (χ4n) is 1.23. The van der Waals surface area contributed by atoms with E-state index < -0.39 is 0 Å². The van der Waals surface area contributed by atoms with Crippen LogP contribution in [0.5, 0.6) is 11.6 Å². The molecule has 0 aliphatic heterocycles. The molecule has 0 fully saturated rings. The molecule has 16 heavy (non-hydrogen) atoms. The van der Waals surface area contributed by atoms with Crippen molar-refractivity contribution in [2.45, 2.75) is 13.8 Å². The molecule has 1 heterocycles. The molecule has 0 unspecified atom stereocenters. The molecular weight excluding hydrogens is 224 g/mol. The van der Waals surface area contributed by atoms with Crippen molar-refractivity contribution in [1.29, 1.82) is 0 Å². The van der Waals surface area contributed by atoms with Crippen molar-refractivity contribution in [1.82, 2.24) is 9.97 Å². The van der Waals surface area contributed by atoms with Crippen LogP contribution in [-0.4, -0.2) is 9.97 Å². The lowest BCUT2D eigenvalue weighted by Crippen LogP contribution is -1.93. The molecule has 1 aromatic heterocycles. The van der Waals surface area contributed by atoms with E-state index in [0.29, 0.717) is 11.0 Å². The summed E-state index contributed by atoms with van der Waals surface area (Å²) in [5.41, 5.74) is 1.93. The van der Waals surface area contributed by atoms with E-state index in [0.717, 1.165) is 11.3 Å². The quantitative estimate of drug-likeness (QED) is 0.746. The Balaban J connectivity index is 2.27. The molecule has 0 spiro atoms. The van der Waals surface area contributed by atoms with E-state index in [-0.39, 0.29) is 0 Å². The monoisotopic (exact) mass is 234 g/mol. The molecule has 1 aromatic carbocycles. The van der Waals surface area contributed by atoms with Crippen LogP contribution in [0.25, 0.3) is 0 Å². The van der Waals surface area contributed by atoms with Gasteiger partial charge in [-0.2, -0.15) is 0 Å². The lowest BCUT2D eigenvalue weighted by molar-refractivity contribution is 0.457. The minimum absolute atomic E-state index is 0.414. The lowest BCUT2D eigenvalue weighted by Gasteiger charge is -2.07. The lowest BCUT2D eigenvalue weighted by atomic mass is 10.2. The van der Waals surface area contributed by atoms with Crippen molar-refractivity contribution in [3.8, 4) is 11.6 Å². The Labute approximate surface area is 99.1 Å². The van der Waals surface area contributed by atoms with E-state index >= 15 is 0 Å². The van der Waals surface area contributed by atoms with Crippen LogP contribution < -0.4 is 4.74 Å². The van der Waals surface area contributed by atoms with Gasteiger partial charge in [-0.1, -0.05) is 29.3 Å². The number of aryl methyl sites for hydroxylation is 1. The van der Waals surface area contributed by atoms with Gasteiger partial charge in [0.05, 0.1) is 0 Å². The zero-order valence-corrected chi connectivity index (χ0v) is 9.82. The van der Waals surface area contributed by atoms with Crippen LogP contribution in [0.1, 0.15) is 11.1 Å². The highest BCUT2D eigenvalue weighted by Crippen LogP contribution is 2.25. The summed E-state index contributed by atoms with van der Waals surface area (Å²) in [7, 11) is 0. The van der Waals surface area contributed by atoms with Crippen LogP contribution in [0, 0.1) is 13.8 Å². The van der Waals surface area contributed by atoms with Gasteiger partial charge in [-0.15, -0.1) is 0 Å². The molecule has 3 nitrogen and oxygen atoms in total. The van der Waals surface area contributed by atoms with Crippen LogP contribution in [0.4, 0.5) is 0 Å². The summed E-state index contributed by atoms with van der Waals surface area (Å²) in [5.74, 6) is 1.23. The average molecular weight is 235 g/mol. The summed E-state index contributed by atoms with van der Waals surface area (Å²) in [6.07, 6.45) is 1.39. The van der Waals surface area contributed by atoms with Crippen molar-refractivity contribution in [3.63, 3.8) is 0 Å². The molecule has 0 bridgehead atoms. The molecule has 2 aromatic rings. The van der Waals surface area contributed by atoms with Gasteiger partial charge in [-0.3, -0.25) is 0 Å². The van der Waals surface area contributed by atoms with Gasteiger partial charge in [0.15, 0.2) is 0 Å². The summed E-state index contributed by atoms with van der Waals surface area (Å²) < 4.78 is 5.61. The fraction of sp³-hybridized carbons (Fsp3) is 0.167. The molecule has 82 valence electrons. The molecule has 0 amide bonds. The van der Waals surface area contributed by atoms with Gasteiger partial charge in [-0.05, 0) is 26.0 Å². The van der Waals surface area contributed by atoms with Crippen molar-refractivity contribution >= 4 is 11.6 Å². The van der Waals surface area contributed by atoms with Crippen LogP contribution in [0.15, 0.2) is 30.6 Å². The SMILES string of the molecule is Cc1ccc(Oc2ncnc(Cl)c2C)cc1. The summed E-state index contributed by atoms with van der Waals surface area (Å²) in [6.45, 7) is 3.85. The van der Waals surface area contributed by atoms with Gasteiger partial charge in [0.1, 0.15) is 17.2 Å². The molecule has 2 rings (SSSR count). The molecule has 0 atom stereocenters. The third-order valence-electron chi connectivity index (χ3n) is 2.21. The van der Waals surface area contributed by atoms with E-state index in [9.17, 15) is 0 Å². The second-order valence-corrected chi connectivity index (χ2v) is 3.87. The maximum absolute atomic E-state index is 5.87. The Morgan fingerprint density at radius 3 is 2.44 bits per heavy atom. The Hall–Kier alpha value is -1.61. The maximum Gasteiger partial charge on any atom is 0.226 e. The predicted molar refractivity (Wildman–Crippen MR) is 63.0 cm³/mol. The average Bonchev–Trinajstić information content (AvgIpc) is 2.28. The van der Waals surface area contributed by atoms with E-state index in [1.54, 1.807) is 0 Å². The number of nitrogens with zero attached hydrogens (tertiary/aromatic N) is 2. The highest BCUT2D eigenvalue weighted by molar-refractivity contribution is 6.30. The number of hydrogen-bond donors (Lipinski definition) is 0. The molecule has 0 saturated heterocycles.